The second-order valence-corrected chi connectivity index (χ2v) is 12.6. The molecule has 7 atom stereocenters. The molecular formula is C28H33BrN2O4. The summed E-state index contributed by atoms with van der Waals surface area (Å²) in [6.45, 7) is 3.60. The van der Waals surface area contributed by atoms with Crippen LogP contribution in [-0.4, -0.2) is 49.2 Å². The van der Waals surface area contributed by atoms with Gasteiger partial charge in [0.2, 0.25) is 0 Å². The molecule has 3 fully saturated rings. The number of rotatable bonds is 3. The van der Waals surface area contributed by atoms with Gasteiger partial charge in [0.15, 0.2) is 5.78 Å². The lowest BCUT2D eigenvalue weighted by molar-refractivity contribution is -0.181. The van der Waals surface area contributed by atoms with Gasteiger partial charge < -0.3 is 15.3 Å². The number of benzene rings is 1. The smallest absolute Gasteiger partial charge is 0.190 e. The number of carbonyl (C=O) groups excluding carboxylic acids is 1. The van der Waals surface area contributed by atoms with Gasteiger partial charge in [0, 0.05) is 9.89 Å². The third-order valence-corrected chi connectivity index (χ3v) is 10.7. The first kappa shape index (κ1) is 23.6. The highest BCUT2D eigenvalue weighted by Crippen LogP contribution is 2.67. The Kier molecular flexibility index (Phi) is 5.29. The van der Waals surface area contributed by atoms with E-state index in [2.05, 4.69) is 41.1 Å². The zero-order valence-electron chi connectivity index (χ0n) is 20.2. The van der Waals surface area contributed by atoms with Crippen LogP contribution in [0.25, 0.3) is 11.8 Å². The summed E-state index contributed by atoms with van der Waals surface area (Å²) in [6.07, 6.45) is 7.85. The molecule has 0 spiro atoms. The number of carbonyl (C=O) groups is 1. The highest BCUT2D eigenvalue weighted by Gasteiger charge is 2.68. The van der Waals surface area contributed by atoms with Crippen molar-refractivity contribution < 1.29 is 20.1 Å². The minimum absolute atomic E-state index is 0.0644. The molecule has 0 radical (unpaired) electrons. The quantitative estimate of drug-likeness (QED) is 0.545. The van der Waals surface area contributed by atoms with Gasteiger partial charge in [-0.25, -0.2) is 4.68 Å². The number of allylic oxidation sites excluding steroid dienone is 1. The van der Waals surface area contributed by atoms with Crippen molar-refractivity contribution in [2.75, 3.05) is 6.61 Å². The Morgan fingerprint density at radius 3 is 2.83 bits per heavy atom. The number of Topliss-reactive ketones (excluding diaryl/α,β-unsaturated/α-hetero) is 1. The summed E-state index contributed by atoms with van der Waals surface area (Å²) >= 11 is 3.56. The van der Waals surface area contributed by atoms with Crippen LogP contribution in [0, 0.1) is 28.6 Å². The van der Waals surface area contributed by atoms with Gasteiger partial charge in [0.05, 0.1) is 23.7 Å². The third kappa shape index (κ3) is 3.11. The molecule has 6 nitrogen and oxygen atoms in total. The maximum absolute atomic E-state index is 12.6. The van der Waals surface area contributed by atoms with E-state index < -0.39 is 29.5 Å². The zero-order valence-corrected chi connectivity index (χ0v) is 21.8. The second kappa shape index (κ2) is 7.85. The highest BCUT2D eigenvalue weighted by atomic mass is 79.9. The first-order chi connectivity index (χ1) is 16.6. The summed E-state index contributed by atoms with van der Waals surface area (Å²) in [5.41, 5.74) is 2.23. The largest absolute Gasteiger partial charge is 0.393 e. The van der Waals surface area contributed by atoms with E-state index in [4.69, 9.17) is 5.10 Å². The molecule has 35 heavy (non-hydrogen) atoms. The molecule has 0 aliphatic heterocycles. The van der Waals surface area contributed by atoms with E-state index >= 15 is 0 Å². The number of aliphatic hydroxyl groups excluding tert-OH is 2. The van der Waals surface area contributed by atoms with E-state index in [9.17, 15) is 20.1 Å². The molecule has 1 aromatic heterocycles. The summed E-state index contributed by atoms with van der Waals surface area (Å²) in [7, 11) is 0. The average Bonchev–Trinajstić information content (AvgIpc) is 3.34. The van der Waals surface area contributed by atoms with Crippen molar-refractivity contribution in [3.63, 3.8) is 0 Å². The van der Waals surface area contributed by atoms with Crippen LogP contribution in [0.15, 0.2) is 40.5 Å². The average molecular weight is 541 g/mol. The second-order valence-electron chi connectivity index (χ2n) is 11.7. The molecule has 4 aliphatic carbocycles. The van der Waals surface area contributed by atoms with E-state index in [0.717, 1.165) is 41.5 Å². The summed E-state index contributed by atoms with van der Waals surface area (Å²) in [5.74, 6) is -0.0544. The van der Waals surface area contributed by atoms with Gasteiger partial charge in [-0.05, 0) is 91.5 Å². The van der Waals surface area contributed by atoms with Gasteiger partial charge >= 0.3 is 0 Å². The summed E-state index contributed by atoms with van der Waals surface area (Å²) in [6, 6.07) is 8.14. The molecule has 1 heterocycles. The third-order valence-electron chi connectivity index (χ3n) is 10.2. The van der Waals surface area contributed by atoms with Crippen LogP contribution in [0.3, 0.4) is 0 Å². The first-order valence-corrected chi connectivity index (χ1v) is 13.5. The van der Waals surface area contributed by atoms with E-state index in [1.54, 1.807) is 0 Å². The number of aromatic nitrogens is 2. The van der Waals surface area contributed by atoms with Crippen LogP contribution in [0.2, 0.25) is 0 Å². The summed E-state index contributed by atoms with van der Waals surface area (Å²) in [4.78, 5) is 12.6. The lowest BCUT2D eigenvalue weighted by Gasteiger charge is -2.60. The lowest BCUT2D eigenvalue weighted by atomic mass is 9.45. The van der Waals surface area contributed by atoms with Gasteiger partial charge in [0.1, 0.15) is 12.2 Å². The number of hydrogen-bond acceptors (Lipinski definition) is 5. The van der Waals surface area contributed by atoms with E-state index in [1.807, 2.05) is 29.9 Å². The van der Waals surface area contributed by atoms with Crippen LogP contribution in [0.1, 0.15) is 57.2 Å². The number of hydrogen-bond donors (Lipinski definition) is 3. The van der Waals surface area contributed by atoms with Crippen molar-refractivity contribution in [2.45, 2.75) is 64.1 Å². The highest BCUT2D eigenvalue weighted by molar-refractivity contribution is 9.10. The predicted octanol–water partition coefficient (Wildman–Crippen LogP) is 4.08. The van der Waals surface area contributed by atoms with Crippen LogP contribution in [0.5, 0.6) is 0 Å². The SMILES string of the molecule is C[C@@]12Cc3cnn(-c4cccc(Br)c4)c3C=C1CC[C@H]1[C@H]2[C@H](O)C[C@]2(C)[C@@H]1CC[C@@]2(O)C(=O)CO. The molecule has 2 aromatic rings. The van der Waals surface area contributed by atoms with Gasteiger partial charge in [-0.1, -0.05) is 41.4 Å². The van der Waals surface area contributed by atoms with Gasteiger partial charge in [0.25, 0.3) is 0 Å². The van der Waals surface area contributed by atoms with Crippen LogP contribution in [0.4, 0.5) is 0 Å². The van der Waals surface area contributed by atoms with Crippen molar-refractivity contribution in [3.05, 3.63) is 51.8 Å². The number of nitrogens with zero attached hydrogens (tertiary/aromatic N) is 2. The number of halogens is 1. The van der Waals surface area contributed by atoms with E-state index in [0.29, 0.717) is 12.8 Å². The molecule has 0 bridgehead atoms. The predicted molar refractivity (Wildman–Crippen MR) is 136 cm³/mol. The molecular weight excluding hydrogens is 508 g/mol. The molecule has 7 heteroatoms. The van der Waals surface area contributed by atoms with Crippen LogP contribution < -0.4 is 0 Å². The molecule has 1 aromatic carbocycles. The first-order valence-electron chi connectivity index (χ1n) is 12.7. The van der Waals surface area contributed by atoms with Crippen molar-refractivity contribution in [1.29, 1.82) is 0 Å². The fourth-order valence-electron chi connectivity index (χ4n) is 8.59. The van der Waals surface area contributed by atoms with Crippen molar-refractivity contribution in [3.8, 4) is 5.69 Å². The number of ketones is 1. The van der Waals surface area contributed by atoms with Crippen molar-refractivity contribution in [1.82, 2.24) is 9.78 Å². The lowest BCUT2D eigenvalue weighted by Crippen LogP contribution is -2.62. The van der Waals surface area contributed by atoms with Crippen LogP contribution in [-0.2, 0) is 11.2 Å². The minimum Gasteiger partial charge on any atom is -0.393 e. The van der Waals surface area contributed by atoms with Crippen LogP contribution >= 0.6 is 15.9 Å². The Morgan fingerprint density at radius 1 is 1.29 bits per heavy atom. The zero-order chi connectivity index (χ0) is 24.8. The Hall–Kier alpha value is -1.80. The molecule has 6 rings (SSSR count). The Morgan fingerprint density at radius 2 is 2.09 bits per heavy atom. The Labute approximate surface area is 214 Å². The number of fused-ring (bicyclic) bond motifs is 6. The fraction of sp³-hybridized carbons (Fsp3) is 0.571. The maximum atomic E-state index is 12.6. The van der Waals surface area contributed by atoms with Crippen molar-refractivity contribution in [2.24, 2.45) is 28.6 Å². The molecule has 4 aliphatic rings. The molecule has 186 valence electrons. The molecule has 0 saturated heterocycles. The van der Waals surface area contributed by atoms with Gasteiger partial charge in [-0.3, -0.25) is 4.79 Å². The maximum Gasteiger partial charge on any atom is 0.190 e. The number of aliphatic hydroxyl groups is 3. The summed E-state index contributed by atoms with van der Waals surface area (Å²) < 4.78 is 3.02. The summed E-state index contributed by atoms with van der Waals surface area (Å²) in [5, 5.41) is 37.4. The van der Waals surface area contributed by atoms with E-state index in [1.165, 1.54) is 11.1 Å². The topological polar surface area (TPSA) is 95.6 Å². The Balaban J connectivity index is 1.37. The molecule has 0 amide bonds. The van der Waals surface area contributed by atoms with Gasteiger partial charge in [-0.15, -0.1) is 0 Å². The molecule has 3 saturated carbocycles. The van der Waals surface area contributed by atoms with E-state index in [-0.39, 0.29) is 23.2 Å². The monoisotopic (exact) mass is 540 g/mol. The normalized spacial score (nSPS) is 39.8. The molecule has 3 N–H and O–H groups in total. The fourth-order valence-corrected chi connectivity index (χ4v) is 8.98. The minimum atomic E-state index is -1.56. The molecule has 0 unspecified atom stereocenters. The van der Waals surface area contributed by atoms with Crippen molar-refractivity contribution >= 4 is 27.8 Å². The Bertz CT molecular complexity index is 1240. The standard InChI is InChI=1S/C28H33BrN2O4/c1-26-12-16-14-30-31(19-5-3-4-18(29)11-19)22(16)10-17(26)6-7-20-21-8-9-28(35,24(34)15-32)27(21,2)13-23(33)25(20)26/h3-5,10-11,14,20-21,23,25,32-33,35H,6-9,12-13,15H2,1-2H3/t20-,21-,23-,25+,26-,27-,28-/m1/s1. The van der Waals surface area contributed by atoms with Gasteiger partial charge in [-0.2, -0.15) is 5.10 Å².